The van der Waals surface area contributed by atoms with E-state index in [1.807, 2.05) is 18.2 Å². The summed E-state index contributed by atoms with van der Waals surface area (Å²) in [7, 11) is 0. The van der Waals surface area contributed by atoms with Crippen molar-refractivity contribution >= 4 is 36.4 Å². The molecule has 0 N–H and O–H groups in total. The molecule has 0 aliphatic rings. The van der Waals surface area contributed by atoms with Crippen LogP contribution in [0.3, 0.4) is 0 Å². The number of hydrogen-bond donors (Lipinski definition) is 0. The van der Waals surface area contributed by atoms with Crippen LogP contribution in [0.1, 0.15) is 0 Å². The van der Waals surface area contributed by atoms with Crippen LogP contribution in [0, 0.1) is 0 Å². The Bertz CT molecular complexity index is 605. The van der Waals surface area contributed by atoms with E-state index in [1.54, 1.807) is 0 Å². The zero-order valence-corrected chi connectivity index (χ0v) is 14.7. The third-order valence-corrected chi connectivity index (χ3v) is 14.2. The van der Waals surface area contributed by atoms with Gasteiger partial charge in [0.25, 0.3) is 0 Å². The van der Waals surface area contributed by atoms with Crippen LogP contribution in [-0.4, -0.2) is 20.1 Å². The van der Waals surface area contributed by atoms with Gasteiger partial charge in [0.05, 0.1) is 0 Å². The zero-order chi connectivity index (χ0) is 15.3. The fourth-order valence-electron chi connectivity index (χ4n) is 2.66. The van der Waals surface area contributed by atoms with Crippen molar-refractivity contribution in [1.82, 2.24) is 0 Å². The van der Waals surface area contributed by atoms with Crippen molar-refractivity contribution in [3.63, 3.8) is 0 Å². The number of hydrogen-bond acceptors (Lipinski definition) is 0. The maximum absolute atomic E-state index is 13.6. The van der Waals surface area contributed by atoms with Crippen LogP contribution in [0.15, 0.2) is 91.0 Å². The van der Waals surface area contributed by atoms with E-state index in [9.17, 15) is 4.39 Å². The van der Waals surface area contributed by atoms with Crippen molar-refractivity contribution in [2.24, 2.45) is 0 Å². The second kappa shape index (κ2) is 7.20. The Morgan fingerprint density at radius 2 is 0.909 bits per heavy atom. The molecule has 110 valence electrons. The van der Waals surface area contributed by atoms with Crippen LogP contribution in [0.5, 0.6) is 0 Å². The molecule has 3 rings (SSSR count). The van der Waals surface area contributed by atoms with Crippen molar-refractivity contribution in [3.05, 3.63) is 91.0 Å². The Morgan fingerprint density at radius 1 is 0.591 bits per heavy atom. The molecule has 0 radical (unpaired) electrons. The second-order valence-corrected chi connectivity index (χ2v) is 13.4. The molecule has 0 fully saturated rings. The summed E-state index contributed by atoms with van der Waals surface area (Å²) < 4.78 is 13.6. The van der Waals surface area contributed by atoms with Crippen molar-refractivity contribution in [2.45, 2.75) is 0 Å². The molecule has 0 saturated carbocycles. The molecule has 0 nitrogen and oxygen atoms in total. The van der Waals surface area contributed by atoms with Crippen molar-refractivity contribution in [1.29, 1.82) is 0 Å². The normalized spacial score (nSPS) is 11.3. The monoisotopic (exact) mass is 375 g/mol. The summed E-state index contributed by atoms with van der Waals surface area (Å²) in [6.07, 6.45) is 0. The number of halogens is 1. The van der Waals surface area contributed by atoms with E-state index < -0.39 is 5.95 Å². The first-order valence-electron chi connectivity index (χ1n) is 7.14. The topological polar surface area (TPSA) is 0 Å². The van der Waals surface area contributed by atoms with E-state index in [1.165, 1.54) is 15.9 Å². The standard InChI is InChI=1S/C19H17FPSe/c20-16-22-21(17-10-4-1-5-11-17,18-12-6-2-7-13-18)19-14-8-3-9-15-19/h1-15H,16H2/q+1. The maximum atomic E-state index is 13.6. The van der Waals surface area contributed by atoms with Gasteiger partial charge in [-0.15, -0.1) is 0 Å². The molecule has 0 heterocycles. The molecular formula is C19H17FPSe+. The zero-order valence-electron chi connectivity index (χ0n) is 12.1. The predicted octanol–water partition coefficient (Wildman–Crippen LogP) is 3.53. The molecule has 0 saturated heterocycles. The van der Waals surface area contributed by atoms with Gasteiger partial charge in [-0.2, -0.15) is 0 Å². The molecule has 22 heavy (non-hydrogen) atoms. The molecule has 0 unspecified atom stereocenters. The first-order chi connectivity index (χ1) is 10.9. The summed E-state index contributed by atoms with van der Waals surface area (Å²) in [6, 6.07) is 31.4. The summed E-state index contributed by atoms with van der Waals surface area (Å²) in [5, 5.41) is 3.81. The fourth-order valence-corrected chi connectivity index (χ4v) is 12.0. The Balaban J connectivity index is 2.29. The molecule has 0 aliphatic carbocycles. The van der Waals surface area contributed by atoms with Crippen molar-refractivity contribution in [3.8, 4) is 0 Å². The summed E-state index contributed by atoms with van der Waals surface area (Å²) in [4.78, 5) is 0. The average molecular weight is 374 g/mol. The van der Waals surface area contributed by atoms with Gasteiger partial charge in [0.1, 0.15) is 0 Å². The van der Waals surface area contributed by atoms with Crippen LogP contribution in [0.2, 0.25) is 0 Å². The Labute approximate surface area is 137 Å². The van der Waals surface area contributed by atoms with Crippen LogP contribution in [0.25, 0.3) is 0 Å². The first-order valence-corrected chi connectivity index (χ1v) is 12.4. The third kappa shape index (κ3) is 2.88. The van der Waals surface area contributed by atoms with E-state index in [4.69, 9.17) is 0 Å². The van der Waals surface area contributed by atoms with E-state index >= 15 is 0 Å². The van der Waals surface area contributed by atoms with Gasteiger partial charge in [-0.05, 0) is 0 Å². The van der Waals surface area contributed by atoms with Gasteiger partial charge in [-0.1, -0.05) is 0 Å². The van der Waals surface area contributed by atoms with E-state index in [-0.39, 0.29) is 20.1 Å². The fraction of sp³-hybridized carbons (Fsp3) is 0.0526. The second-order valence-electron chi connectivity index (χ2n) is 4.85. The summed E-state index contributed by atoms with van der Waals surface area (Å²) >= 11 is -0.114. The van der Waals surface area contributed by atoms with Crippen molar-refractivity contribution in [2.75, 3.05) is 5.57 Å². The third-order valence-electron chi connectivity index (χ3n) is 3.60. The molecular weight excluding hydrogens is 357 g/mol. The quantitative estimate of drug-likeness (QED) is 0.474. The minimum atomic E-state index is -1.87. The summed E-state index contributed by atoms with van der Waals surface area (Å²) in [5.74, 6) is -1.87. The van der Waals surface area contributed by atoms with Gasteiger partial charge >= 0.3 is 137 Å². The SMILES string of the molecule is FC[Se][P+](c1ccccc1)(c1ccccc1)c1ccccc1. The Morgan fingerprint density at radius 3 is 1.18 bits per heavy atom. The first kappa shape index (κ1) is 15.4. The van der Waals surface area contributed by atoms with Gasteiger partial charge in [0.15, 0.2) is 0 Å². The van der Waals surface area contributed by atoms with Gasteiger partial charge in [-0.3, -0.25) is 0 Å². The number of rotatable bonds is 5. The van der Waals surface area contributed by atoms with Gasteiger partial charge in [-0.25, -0.2) is 0 Å². The molecule has 0 bridgehead atoms. The Hall–Kier alpha value is -1.46. The van der Waals surface area contributed by atoms with E-state index in [0.717, 1.165) is 0 Å². The number of benzene rings is 3. The van der Waals surface area contributed by atoms with Crippen molar-refractivity contribution < 1.29 is 4.39 Å². The van der Waals surface area contributed by atoms with Crippen LogP contribution in [-0.2, 0) is 0 Å². The molecule has 3 heteroatoms. The molecule has 3 aromatic carbocycles. The van der Waals surface area contributed by atoms with E-state index in [0.29, 0.717) is 0 Å². The molecule has 0 atom stereocenters. The van der Waals surface area contributed by atoms with Crippen LogP contribution >= 0.6 is 5.95 Å². The van der Waals surface area contributed by atoms with Gasteiger partial charge in [0.2, 0.25) is 0 Å². The molecule has 0 aliphatic heterocycles. The average Bonchev–Trinajstić information content (AvgIpc) is 2.62. The predicted molar refractivity (Wildman–Crippen MR) is 96.9 cm³/mol. The number of alkyl halides is 1. The summed E-state index contributed by atoms with van der Waals surface area (Å²) in [5.41, 5.74) is -0.251. The molecule has 0 aromatic heterocycles. The Kier molecular flexibility index (Phi) is 5.05. The summed E-state index contributed by atoms with van der Waals surface area (Å²) in [6.45, 7) is 0. The molecule has 0 spiro atoms. The van der Waals surface area contributed by atoms with Crippen LogP contribution in [0.4, 0.5) is 4.39 Å². The van der Waals surface area contributed by atoms with E-state index in [2.05, 4.69) is 72.8 Å². The van der Waals surface area contributed by atoms with Gasteiger partial charge in [0, 0.05) is 0 Å². The molecule has 0 amide bonds. The minimum absolute atomic E-state index is 0.114. The molecule has 3 aromatic rings. The van der Waals surface area contributed by atoms with Crippen LogP contribution < -0.4 is 15.9 Å². The van der Waals surface area contributed by atoms with Gasteiger partial charge < -0.3 is 0 Å².